The van der Waals surface area contributed by atoms with Crippen molar-refractivity contribution in [1.29, 1.82) is 0 Å². The van der Waals surface area contributed by atoms with Gasteiger partial charge in [0.15, 0.2) is 4.77 Å². The second kappa shape index (κ2) is 5.27. The summed E-state index contributed by atoms with van der Waals surface area (Å²) in [5, 5.41) is 7.57. The lowest BCUT2D eigenvalue weighted by Gasteiger charge is -2.27. The fourth-order valence-electron chi connectivity index (χ4n) is 3.16. The Morgan fingerprint density at radius 2 is 2.00 bits per heavy atom. The largest absolute Gasteiger partial charge is 0.338 e. The van der Waals surface area contributed by atoms with E-state index in [1.54, 1.807) is 0 Å². The molecule has 2 fully saturated rings. The molecular formula is C14H24N4S. The molecule has 1 heterocycles. The number of hydrogen-bond acceptors (Lipinski definition) is 3. The average molecular weight is 280 g/mol. The minimum absolute atomic E-state index is 0.565. The lowest BCUT2D eigenvalue weighted by Crippen LogP contribution is -2.33. The van der Waals surface area contributed by atoms with E-state index < -0.39 is 0 Å². The van der Waals surface area contributed by atoms with Crippen molar-refractivity contribution in [2.45, 2.75) is 64.5 Å². The predicted octanol–water partition coefficient (Wildman–Crippen LogP) is 3.68. The first kappa shape index (κ1) is 13.2. The van der Waals surface area contributed by atoms with Gasteiger partial charge in [0.25, 0.3) is 0 Å². The fraction of sp³-hybridized carbons (Fsp3) is 0.857. The van der Waals surface area contributed by atoms with Crippen LogP contribution in [-0.2, 0) is 0 Å². The highest BCUT2D eigenvalue weighted by molar-refractivity contribution is 7.71. The topological polar surface area (TPSA) is 36.9 Å². The van der Waals surface area contributed by atoms with Crippen molar-refractivity contribution in [2.24, 2.45) is 5.92 Å². The molecule has 106 valence electrons. The number of nitrogens with zero attached hydrogens (tertiary/aromatic N) is 3. The number of rotatable bonds is 5. The number of aromatic nitrogens is 3. The molecule has 0 saturated heterocycles. The van der Waals surface area contributed by atoms with Crippen molar-refractivity contribution in [2.75, 3.05) is 11.4 Å². The van der Waals surface area contributed by atoms with Gasteiger partial charge < -0.3 is 4.90 Å². The Balaban J connectivity index is 1.91. The molecule has 19 heavy (non-hydrogen) atoms. The first-order valence-corrected chi connectivity index (χ1v) is 8.01. The van der Waals surface area contributed by atoms with Gasteiger partial charge in [0.1, 0.15) is 0 Å². The van der Waals surface area contributed by atoms with Gasteiger partial charge in [-0.25, -0.2) is 5.10 Å². The van der Waals surface area contributed by atoms with Crippen molar-refractivity contribution in [3.8, 4) is 0 Å². The van der Waals surface area contributed by atoms with Crippen molar-refractivity contribution >= 4 is 18.2 Å². The number of H-pyrrole nitrogens is 1. The molecule has 2 aliphatic carbocycles. The summed E-state index contributed by atoms with van der Waals surface area (Å²) in [7, 11) is 0. The van der Waals surface area contributed by atoms with E-state index in [0.717, 1.165) is 17.3 Å². The van der Waals surface area contributed by atoms with E-state index in [0.29, 0.717) is 18.0 Å². The summed E-state index contributed by atoms with van der Waals surface area (Å²) < 4.78 is 3.10. The molecule has 1 aromatic heterocycles. The van der Waals surface area contributed by atoms with Crippen molar-refractivity contribution in [3.63, 3.8) is 0 Å². The van der Waals surface area contributed by atoms with E-state index in [4.69, 9.17) is 12.2 Å². The van der Waals surface area contributed by atoms with Crippen LogP contribution >= 0.6 is 12.2 Å². The van der Waals surface area contributed by atoms with E-state index in [1.165, 1.54) is 38.5 Å². The third-order valence-electron chi connectivity index (χ3n) is 4.18. The molecule has 0 aliphatic heterocycles. The third-order valence-corrected chi connectivity index (χ3v) is 4.47. The Bertz CT molecular complexity index is 480. The molecule has 2 saturated carbocycles. The second-order valence-electron chi connectivity index (χ2n) is 6.41. The van der Waals surface area contributed by atoms with Gasteiger partial charge in [-0.1, -0.05) is 26.7 Å². The monoisotopic (exact) mass is 280 g/mol. The molecular weight excluding hydrogens is 256 g/mol. The molecule has 3 rings (SSSR count). The maximum absolute atomic E-state index is 5.47. The number of aromatic amines is 1. The van der Waals surface area contributed by atoms with Crippen molar-refractivity contribution in [1.82, 2.24) is 14.8 Å². The average Bonchev–Trinajstić information content (AvgIpc) is 2.92. The van der Waals surface area contributed by atoms with E-state index in [9.17, 15) is 0 Å². The summed E-state index contributed by atoms with van der Waals surface area (Å²) in [6.45, 7) is 5.63. The van der Waals surface area contributed by atoms with E-state index >= 15 is 0 Å². The summed E-state index contributed by atoms with van der Waals surface area (Å²) in [5.74, 6) is 1.75. The zero-order valence-corrected chi connectivity index (χ0v) is 12.7. The molecule has 2 aliphatic rings. The van der Waals surface area contributed by atoms with Crippen molar-refractivity contribution in [3.05, 3.63) is 4.77 Å². The summed E-state index contributed by atoms with van der Waals surface area (Å²) in [5.41, 5.74) is 0. The Hall–Kier alpha value is -0.840. The molecule has 0 unspecified atom stereocenters. The maximum Gasteiger partial charge on any atom is 0.226 e. The molecule has 5 heteroatoms. The maximum atomic E-state index is 5.47. The highest BCUT2D eigenvalue weighted by Crippen LogP contribution is 2.36. The highest BCUT2D eigenvalue weighted by Gasteiger charge is 2.34. The molecule has 0 bridgehead atoms. The van der Waals surface area contributed by atoms with Gasteiger partial charge in [-0.2, -0.15) is 0 Å². The van der Waals surface area contributed by atoms with Gasteiger partial charge in [0, 0.05) is 18.6 Å². The zero-order valence-electron chi connectivity index (χ0n) is 11.9. The van der Waals surface area contributed by atoms with E-state index in [1.807, 2.05) is 0 Å². The van der Waals surface area contributed by atoms with Gasteiger partial charge in [-0.15, -0.1) is 5.10 Å². The number of anilines is 1. The molecule has 0 spiro atoms. The molecule has 1 N–H and O–H groups in total. The molecule has 0 radical (unpaired) electrons. The van der Waals surface area contributed by atoms with Gasteiger partial charge in [-0.05, 0) is 43.8 Å². The van der Waals surface area contributed by atoms with Crippen LogP contribution in [0.25, 0.3) is 0 Å². The summed E-state index contributed by atoms with van der Waals surface area (Å²) in [6.07, 6.45) is 7.76. The first-order chi connectivity index (χ1) is 9.16. The molecule has 4 nitrogen and oxygen atoms in total. The predicted molar refractivity (Wildman–Crippen MR) is 80.1 cm³/mol. The molecule has 0 amide bonds. The van der Waals surface area contributed by atoms with Crippen LogP contribution in [0.15, 0.2) is 0 Å². The Morgan fingerprint density at radius 1 is 1.32 bits per heavy atom. The normalized spacial score (nSPS) is 20.4. The van der Waals surface area contributed by atoms with Crippen LogP contribution in [0.5, 0.6) is 0 Å². The van der Waals surface area contributed by atoms with Crippen LogP contribution in [0.4, 0.5) is 5.95 Å². The smallest absolute Gasteiger partial charge is 0.226 e. The van der Waals surface area contributed by atoms with Crippen LogP contribution in [-0.4, -0.2) is 27.4 Å². The Labute approximate surface area is 120 Å². The zero-order chi connectivity index (χ0) is 13.4. The Morgan fingerprint density at radius 3 is 2.58 bits per heavy atom. The first-order valence-electron chi connectivity index (χ1n) is 7.60. The summed E-state index contributed by atoms with van der Waals surface area (Å²) in [4.78, 5) is 2.48. The van der Waals surface area contributed by atoms with Crippen molar-refractivity contribution < 1.29 is 0 Å². The van der Waals surface area contributed by atoms with Gasteiger partial charge >= 0.3 is 0 Å². The van der Waals surface area contributed by atoms with Crippen LogP contribution in [0.3, 0.4) is 0 Å². The van der Waals surface area contributed by atoms with Gasteiger partial charge in [-0.3, -0.25) is 4.57 Å². The quantitative estimate of drug-likeness (QED) is 0.836. The third kappa shape index (κ3) is 2.71. The molecule has 0 aromatic carbocycles. The number of nitrogens with one attached hydrogen (secondary N) is 1. The van der Waals surface area contributed by atoms with Gasteiger partial charge in [0.05, 0.1) is 0 Å². The van der Waals surface area contributed by atoms with Crippen LogP contribution < -0.4 is 4.90 Å². The van der Waals surface area contributed by atoms with Gasteiger partial charge in [0.2, 0.25) is 5.95 Å². The SMILES string of the molecule is CC(C)CN(c1n[nH]c(=S)n1C1CCCC1)C1CC1. The molecule has 0 atom stereocenters. The standard InChI is InChI=1S/C14H24N4S/c1-10(2)9-17(11-7-8-11)13-15-16-14(19)18(13)12-5-3-4-6-12/h10-12H,3-9H2,1-2H3,(H,16,19). The fourth-order valence-corrected chi connectivity index (χ4v) is 3.44. The lowest BCUT2D eigenvalue weighted by atomic mass is 10.2. The van der Waals surface area contributed by atoms with Crippen LogP contribution in [0.2, 0.25) is 0 Å². The summed E-state index contributed by atoms with van der Waals surface area (Å²) in [6, 6.07) is 1.25. The lowest BCUT2D eigenvalue weighted by molar-refractivity contribution is 0.496. The van der Waals surface area contributed by atoms with Crippen LogP contribution in [0, 0.1) is 10.7 Å². The van der Waals surface area contributed by atoms with Crippen LogP contribution in [0.1, 0.15) is 58.4 Å². The minimum Gasteiger partial charge on any atom is -0.338 e. The Kier molecular flexibility index (Phi) is 3.65. The molecule has 1 aromatic rings. The summed E-state index contributed by atoms with van der Waals surface area (Å²) >= 11 is 5.47. The second-order valence-corrected chi connectivity index (χ2v) is 6.80. The number of hydrogen-bond donors (Lipinski definition) is 1. The van der Waals surface area contributed by atoms with E-state index in [-0.39, 0.29) is 0 Å². The van der Waals surface area contributed by atoms with E-state index in [2.05, 4.69) is 33.5 Å². The minimum atomic E-state index is 0.565. The highest BCUT2D eigenvalue weighted by atomic mass is 32.1.